The fourth-order valence-electron chi connectivity index (χ4n) is 3.39. The zero-order valence-electron chi connectivity index (χ0n) is 15.7. The number of amides is 2. The van der Waals surface area contributed by atoms with E-state index >= 15 is 0 Å². The Morgan fingerprint density at radius 3 is 2.07 bits per heavy atom. The molecule has 0 aromatic heterocycles. The molecule has 0 atom stereocenters. The molecule has 148 valence electrons. The van der Waals surface area contributed by atoms with Crippen molar-refractivity contribution in [2.75, 3.05) is 26.2 Å². The molecule has 1 aliphatic rings. The smallest absolute Gasteiger partial charge is 0.227 e. The zero-order chi connectivity index (χ0) is 19.9. The molecule has 0 N–H and O–H groups in total. The van der Waals surface area contributed by atoms with Crippen molar-refractivity contribution in [2.24, 2.45) is 0 Å². The number of benzene rings is 2. The quantitative estimate of drug-likeness (QED) is 0.703. The zero-order valence-corrected chi connectivity index (χ0v) is 17.3. The van der Waals surface area contributed by atoms with Gasteiger partial charge in [0.05, 0.1) is 16.5 Å². The van der Waals surface area contributed by atoms with Crippen molar-refractivity contribution in [3.05, 3.63) is 69.7 Å². The number of carbonyl (C=O) groups excluding carboxylic acids is 2. The molecule has 2 aromatic rings. The van der Waals surface area contributed by atoms with Crippen molar-refractivity contribution in [1.82, 2.24) is 9.80 Å². The molecule has 2 aromatic carbocycles. The maximum Gasteiger partial charge on any atom is 0.227 e. The first-order valence-corrected chi connectivity index (χ1v) is 10.3. The Balaban J connectivity index is 1.41. The molecule has 0 aliphatic carbocycles. The summed E-state index contributed by atoms with van der Waals surface area (Å²) < 4.78 is 0. The van der Waals surface area contributed by atoms with Crippen LogP contribution in [0.15, 0.2) is 48.5 Å². The molecule has 0 saturated carbocycles. The van der Waals surface area contributed by atoms with Gasteiger partial charge >= 0.3 is 0 Å². The Hall–Kier alpha value is -2.04. The molecule has 0 spiro atoms. The van der Waals surface area contributed by atoms with Crippen LogP contribution < -0.4 is 0 Å². The summed E-state index contributed by atoms with van der Waals surface area (Å²) in [5, 5.41) is 0.940. The molecule has 0 radical (unpaired) electrons. The highest BCUT2D eigenvalue weighted by Gasteiger charge is 2.23. The van der Waals surface area contributed by atoms with E-state index in [1.54, 1.807) is 12.1 Å². The largest absolute Gasteiger partial charge is 0.339 e. The van der Waals surface area contributed by atoms with Crippen LogP contribution in [0.5, 0.6) is 0 Å². The summed E-state index contributed by atoms with van der Waals surface area (Å²) in [6.07, 6.45) is 2.60. The SMILES string of the molecule is O=C(CCCc1ccccc1)N1CCN(C(=O)Cc2ccc(Cl)c(Cl)c2)CC1. The van der Waals surface area contributed by atoms with Crippen LogP contribution in [-0.2, 0) is 22.4 Å². The molecule has 0 unspecified atom stereocenters. The molecule has 6 heteroatoms. The number of carbonyl (C=O) groups is 2. The van der Waals surface area contributed by atoms with Crippen LogP contribution in [0.4, 0.5) is 0 Å². The van der Waals surface area contributed by atoms with Crippen molar-refractivity contribution >= 4 is 35.0 Å². The second-order valence-electron chi connectivity index (χ2n) is 7.03. The van der Waals surface area contributed by atoms with Gasteiger partial charge < -0.3 is 9.80 Å². The van der Waals surface area contributed by atoms with Gasteiger partial charge in [0.15, 0.2) is 0 Å². The highest BCUT2D eigenvalue weighted by molar-refractivity contribution is 6.42. The molecule has 2 amide bonds. The number of nitrogens with zero attached hydrogens (tertiary/aromatic N) is 2. The van der Waals surface area contributed by atoms with Gasteiger partial charge in [0.2, 0.25) is 11.8 Å². The number of rotatable bonds is 6. The minimum atomic E-state index is 0.0505. The average Bonchev–Trinajstić information content (AvgIpc) is 2.71. The van der Waals surface area contributed by atoms with Gasteiger partial charge in [-0.3, -0.25) is 9.59 Å². The molecule has 4 nitrogen and oxygen atoms in total. The summed E-state index contributed by atoms with van der Waals surface area (Å²) in [5.41, 5.74) is 2.10. The molecular weight excluding hydrogens is 395 g/mol. The summed E-state index contributed by atoms with van der Waals surface area (Å²) in [6.45, 7) is 2.34. The minimum absolute atomic E-state index is 0.0505. The highest BCUT2D eigenvalue weighted by Crippen LogP contribution is 2.23. The van der Waals surface area contributed by atoms with Gasteiger partial charge in [-0.1, -0.05) is 59.6 Å². The number of aryl methyl sites for hydroxylation is 1. The molecular formula is C22H24Cl2N2O2. The number of hydrogen-bond donors (Lipinski definition) is 0. The predicted octanol–water partition coefficient (Wildman–Crippen LogP) is 4.23. The fourth-order valence-corrected chi connectivity index (χ4v) is 3.71. The fraction of sp³-hybridized carbons (Fsp3) is 0.364. The molecule has 3 rings (SSSR count). The maximum absolute atomic E-state index is 12.5. The topological polar surface area (TPSA) is 40.6 Å². The van der Waals surface area contributed by atoms with E-state index in [2.05, 4.69) is 12.1 Å². The Kier molecular flexibility index (Phi) is 7.35. The van der Waals surface area contributed by atoms with Gasteiger partial charge in [-0.15, -0.1) is 0 Å². The maximum atomic E-state index is 12.5. The lowest BCUT2D eigenvalue weighted by Gasteiger charge is -2.35. The lowest BCUT2D eigenvalue weighted by molar-refractivity contribution is -0.139. The summed E-state index contributed by atoms with van der Waals surface area (Å²) in [6, 6.07) is 15.5. The van der Waals surface area contributed by atoms with Gasteiger partial charge in [0.25, 0.3) is 0 Å². The Bertz CT molecular complexity index is 819. The van der Waals surface area contributed by atoms with E-state index in [0.29, 0.717) is 49.1 Å². The van der Waals surface area contributed by atoms with Gasteiger partial charge in [-0.05, 0) is 36.1 Å². The monoisotopic (exact) mass is 418 g/mol. The van der Waals surface area contributed by atoms with Crippen LogP contribution >= 0.6 is 23.2 Å². The Morgan fingerprint density at radius 1 is 0.786 bits per heavy atom. The number of hydrogen-bond acceptors (Lipinski definition) is 2. The lowest BCUT2D eigenvalue weighted by Crippen LogP contribution is -2.51. The third kappa shape index (κ3) is 5.73. The minimum Gasteiger partial charge on any atom is -0.339 e. The summed E-state index contributed by atoms with van der Waals surface area (Å²) in [4.78, 5) is 28.6. The van der Waals surface area contributed by atoms with Crippen molar-refractivity contribution in [3.63, 3.8) is 0 Å². The van der Waals surface area contributed by atoms with Gasteiger partial charge in [-0.25, -0.2) is 0 Å². The third-order valence-electron chi connectivity index (χ3n) is 5.02. The van der Waals surface area contributed by atoms with Crippen molar-refractivity contribution in [3.8, 4) is 0 Å². The van der Waals surface area contributed by atoms with E-state index < -0.39 is 0 Å². The summed E-state index contributed by atoms with van der Waals surface area (Å²) in [5.74, 6) is 0.224. The molecule has 1 saturated heterocycles. The predicted molar refractivity (Wildman–Crippen MR) is 113 cm³/mol. The Morgan fingerprint density at radius 2 is 1.43 bits per heavy atom. The average molecular weight is 419 g/mol. The van der Waals surface area contributed by atoms with E-state index in [4.69, 9.17) is 23.2 Å². The van der Waals surface area contributed by atoms with Crippen molar-refractivity contribution in [1.29, 1.82) is 0 Å². The standard InChI is InChI=1S/C22H24Cl2N2O2/c23-19-10-9-18(15-20(19)24)16-22(28)26-13-11-25(12-14-26)21(27)8-4-7-17-5-2-1-3-6-17/h1-3,5-6,9-10,15H,4,7-8,11-14,16H2. The van der Waals surface area contributed by atoms with E-state index in [1.165, 1.54) is 5.56 Å². The number of piperazine rings is 1. The first-order valence-electron chi connectivity index (χ1n) is 9.56. The molecule has 0 bridgehead atoms. The van der Waals surface area contributed by atoms with E-state index in [-0.39, 0.29) is 11.8 Å². The number of halogens is 2. The van der Waals surface area contributed by atoms with Crippen LogP contribution in [0, 0.1) is 0 Å². The van der Waals surface area contributed by atoms with Gasteiger partial charge in [0.1, 0.15) is 0 Å². The molecule has 1 aliphatic heterocycles. The van der Waals surface area contributed by atoms with E-state index in [9.17, 15) is 9.59 Å². The van der Waals surface area contributed by atoms with Gasteiger partial charge in [0, 0.05) is 32.6 Å². The third-order valence-corrected chi connectivity index (χ3v) is 5.76. The first-order chi connectivity index (χ1) is 13.5. The normalized spacial score (nSPS) is 14.2. The second kappa shape index (κ2) is 9.94. The Labute approximate surface area is 176 Å². The van der Waals surface area contributed by atoms with Gasteiger partial charge in [-0.2, -0.15) is 0 Å². The van der Waals surface area contributed by atoms with Crippen LogP contribution in [0.1, 0.15) is 24.0 Å². The van der Waals surface area contributed by atoms with Crippen LogP contribution in [0.25, 0.3) is 0 Å². The second-order valence-corrected chi connectivity index (χ2v) is 7.84. The van der Waals surface area contributed by atoms with E-state index in [1.807, 2.05) is 34.1 Å². The molecule has 1 fully saturated rings. The lowest BCUT2D eigenvalue weighted by atomic mass is 10.1. The molecule has 1 heterocycles. The van der Waals surface area contributed by atoms with Crippen molar-refractivity contribution in [2.45, 2.75) is 25.7 Å². The summed E-state index contributed by atoms with van der Waals surface area (Å²) in [7, 11) is 0. The molecule has 28 heavy (non-hydrogen) atoms. The highest BCUT2D eigenvalue weighted by atomic mass is 35.5. The van der Waals surface area contributed by atoms with Crippen LogP contribution in [-0.4, -0.2) is 47.8 Å². The van der Waals surface area contributed by atoms with Crippen molar-refractivity contribution < 1.29 is 9.59 Å². The van der Waals surface area contributed by atoms with Crippen LogP contribution in [0.3, 0.4) is 0 Å². The van der Waals surface area contributed by atoms with Crippen LogP contribution in [0.2, 0.25) is 10.0 Å². The first kappa shape index (κ1) is 20.7. The summed E-state index contributed by atoms with van der Waals surface area (Å²) >= 11 is 11.9. The van der Waals surface area contributed by atoms with E-state index in [0.717, 1.165) is 18.4 Å².